The van der Waals surface area contributed by atoms with E-state index in [0.717, 1.165) is 19.2 Å². The zero-order valence-electron chi connectivity index (χ0n) is 9.13. The summed E-state index contributed by atoms with van der Waals surface area (Å²) >= 11 is 0. The van der Waals surface area contributed by atoms with Crippen LogP contribution in [0.25, 0.3) is 0 Å². The van der Waals surface area contributed by atoms with Gasteiger partial charge in [-0.3, -0.25) is 0 Å². The third-order valence-corrected chi connectivity index (χ3v) is 3.51. The van der Waals surface area contributed by atoms with Crippen LogP contribution in [0.4, 0.5) is 0 Å². The Bertz CT molecular complexity index is 146. The van der Waals surface area contributed by atoms with Gasteiger partial charge in [0.2, 0.25) is 0 Å². The molecule has 0 aromatic rings. The molecule has 0 aromatic heterocycles. The normalized spacial score (nSPS) is 30.4. The van der Waals surface area contributed by atoms with Crippen LogP contribution in [0.5, 0.6) is 0 Å². The topological polar surface area (TPSA) is 21.3 Å². The van der Waals surface area contributed by atoms with Gasteiger partial charge in [-0.25, -0.2) is 0 Å². The first kappa shape index (κ1) is 10.4. The minimum atomic E-state index is 0.512. The zero-order chi connectivity index (χ0) is 9.64. The van der Waals surface area contributed by atoms with Gasteiger partial charge in [0.1, 0.15) is 0 Å². The third kappa shape index (κ3) is 3.25. The second-order valence-corrected chi connectivity index (χ2v) is 4.73. The van der Waals surface area contributed by atoms with Crippen molar-refractivity contribution in [3.8, 4) is 0 Å². The zero-order valence-corrected chi connectivity index (χ0v) is 9.13. The highest BCUT2D eigenvalue weighted by molar-refractivity contribution is 4.74. The fourth-order valence-electron chi connectivity index (χ4n) is 2.59. The van der Waals surface area contributed by atoms with Gasteiger partial charge >= 0.3 is 0 Å². The average molecular weight is 197 g/mol. The lowest BCUT2D eigenvalue weighted by molar-refractivity contribution is 0.107. The van der Waals surface area contributed by atoms with E-state index in [4.69, 9.17) is 4.74 Å². The standard InChI is InChI=1S/C12H23NO/c1-2-4-7-11(6-3-1)13-10-12-8-5-9-14-12/h11-13H,1-10H2/t12-/m0/s1. The third-order valence-electron chi connectivity index (χ3n) is 3.51. The van der Waals surface area contributed by atoms with Crippen molar-refractivity contribution in [3.63, 3.8) is 0 Å². The van der Waals surface area contributed by atoms with Crippen LogP contribution in [0.2, 0.25) is 0 Å². The van der Waals surface area contributed by atoms with Crippen LogP contribution in [-0.2, 0) is 4.74 Å². The van der Waals surface area contributed by atoms with E-state index in [1.165, 1.54) is 51.4 Å². The molecule has 2 heteroatoms. The van der Waals surface area contributed by atoms with E-state index in [2.05, 4.69) is 5.32 Å². The lowest BCUT2D eigenvalue weighted by Gasteiger charge is -2.18. The second kappa shape index (κ2) is 5.72. The Balaban J connectivity index is 1.62. The van der Waals surface area contributed by atoms with Gasteiger partial charge in [-0.15, -0.1) is 0 Å². The Morgan fingerprint density at radius 3 is 2.36 bits per heavy atom. The van der Waals surface area contributed by atoms with Crippen molar-refractivity contribution in [2.24, 2.45) is 0 Å². The summed E-state index contributed by atoms with van der Waals surface area (Å²) in [4.78, 5) is 0. The summed E-state index contributed by atoms with van der Waals surface area (Å²) in [6.07, 6.45) is 11.5. The minimum absolute atomic E-state index is 0.512. The van der Waals surface area contributed by atoms with Gasteiger partial charge in [-0.05, 0) is 25.7 Å². The first-order chi connectivity index (χ1) is 6.95. The van der Waals surface area contributed by atoms with Gasteiger partial charge < -0.3 is 10.1 Å². The van der Waals surface area contributed by atoms with Gasteiger partial charge in [0.25, 0.3) is 0 Å². The van der Waals surface area contributed by atoms with Crippen LogP contribution in [-0.4, -0.2) is 25.3 Å². The molecule has 0 unspecified atom stereocenters. The molecule has 82 valence electrons. The van der Waals surface area contributed by atoms with Gasteiger partial charge in [-0.2, -0.15) is 0 Å². The quantitative estimate of drug-likeness (QED) is 0.702. The maximum absolute atomic E-state index is 5.61. The van der Waals surface area contributed by atoms with Crippen LogP contribution in [0.15, 0.2) is 0 Å². The molecule has 0 radical (unpaired) electrons. The molecule has 0 bridgehead atoms. The summed E-state index contributed by atoms with van der Waals surface area (Å²) in [6.45, 7) is 2.07. The van der Waals surface area contributed by atoms with Crippen molar-refractivity contribution in [2.75, 3.05) is 13.2 Å². The molecule has 2 fully saturated rings. The molecule has 1 atom stereocenters. The predicted octanol–water partition coefficient (Wildman–Crippen LogP) is 2.48. The maximum Gasteiger partial charge on any atom is 0.0700 e. The summed E-state index contributed by atoms with van der Waals surface area (Å²) < 4.78 is 5.61. The molecular weight excluding hydrogens is 174 g/mol. The van der Waals surface area contributed by atoms with E-state index in [9.17, 15) is 0 Å². The van der Waals surface area contributed by atoms with Crippen molar-refractivity contribution in [1.29, 1.82) is 0 Å². The van der Waals surface area contributed by atoms with Crippen LogP contribution < -0.4 is 5.32 Å². The highest BCUT2D eigenvalue weighted by Crippen LogP contribution is 2.18. The van der Waals surface area contributed by atoms with E-state index in [-0.39, 0.29) is 0 Å². The Kier molecular flexibility index (Phi) is 4.26. The van der Waals surface area contributed by atoms with Gasteiger partial charge in [-0.1, -0.05) is 25.7 Å². The fourth-order valence-corrected chi connectivity index (χ4v) is 2.59. The molecule has 1 heterocycles. The molecule has 0 spiro atoms. The van der Waals surface area contributed by atoms with Crippen molar-refractivity contribution >= 4 is 0 Å². The van der Waals surface area contributed by atoms with Crippen molar-refractivity contribution in [1.82, 2.24) is 5.32 Å². The molecule has 2 aliphatic rings. The molecule has 2 rings (SSSR count). The summed E-state index contributed by atoms with van der Waals surface area (Å²) in [6, 6.07) is 0.779. The molecule has 2 nitrogen and oxygen atoms in total. The van der Waals surface area contributed by atoms with Crippen molar-refractivity contribution in [2.45, 2.75) is 63.5 Å². The number of hydrogen-bond acceptors (Lipinski definition) is 2. The Morgan fingerprint density at radius 2 is 1.71 bits per heavy atom. The Morgan fingerprint density at radius 1 is 0.929 bits per heavy atom. The largest absolute Gasteiger partial charge is 0.377 e. The first-order valence-corrected chi connectivity index (χ1v) is 6.30. The van der Waals surface area contributed by atoms with E-state index < -0.39 is 0 Å². The molecule has 1 aliphatic heterocycles. The van der Waals surface area contributed by atoms with E-state index in [1.807, 2.05) is 0 Å². The fraction of sp³-hybridized carbons (Fsp3) is 1.00. The second-order valence-electron chi connectivity index (χ2n) is 4.73. The lowest BCUT2D eigenvalue weighted by atomic mass is 10.1. The van der Waals surface area contributed by atoms with Gasteiger partial charge in [0.15, 0.2) is 0 Å². The van der Waals surface area contributed by atoms with E-state index in [0.29, 0.717) is 6.10 Å². The number of hydrogen-bond donors (Lipinski definition) is 1. The van der Waals surface area contributed by atoms with Crippen LogP contribution in [0, 0.1) is 0 Å². The van der Waals surface area contributed by atoms with E-state index >= 15 is 0 Å². The molecule has 0 amide bonds. The lowest BCUT2D eigenvalue weighted by Crippen LogP contribution is -2.35. The predicted molar refractivity (Wildman–Crippen MR) is 58.5 cm³/mol. The van der Waals surface area contributed by atoms with Crippen LogP contribution >= 0.6 is 0 Å². The molecule has 0 aromatic carbocycles. The Labute approximate surface area is 87.4 Å². The summed E-state index contributed by atoms with van der Waals surface area (Å²) in [5, 5.41) is 3.68. The smallest absolute Gasteiger partial charge is 0.0700 e. The SMILES string of the molecule is C1CCCC(NC[C@@H]2CCCO2)CC1. The highest BCUT2D eigenvalue weighted by Gasteiger charge is 2.17. The summed E-state index contributed by atoms with van der Waals surface area (Å²) in [5.41, 5.74) is 0. The first-order valence-electron chi connectivity index (χ1n) is 6.30. The van der Waals surface area contributed by atoms with Crippen LogP contribution in [0.3, 0.4) is 0 Å². The molecular formula is C12H23NO. The van der Waals surface area contributed by atoms with Crippen LogP contribution in [0.1, 0.15) is 51.4 Å². The summed E-state index contributed by atoms with van der Waals surface area (Å²) in [5.74, 6) is 0. The molecule has 1 N–H and O–H groups in total. The minimum Gasteiger partial charge on any atom is -0.377 e. The highest BCUT2D eigenvalue weighted by atomic mass is 16.5. The molecule has 1 saturated carbocycles. The molecule has 1 aliphatic carbocycles. The van der Waals surface area contributed by atoms with E-state index in [1.54, 1.807) is 0 Å². The number of ether oxygens (including phenoxy) is 1. The molecule has 14 heavy (non-hydrogen) atoms. The number of nitrogens with one attached hydrogen (secondary N) is 1. The monoisotopic (exact) mass is 197 g/mol. The van der Waals surface area contributed by atoms with Crippen molar-refractivity contribution in [3.05, 3.63) is 0 Å². The summed E-state index contributed by atoms with van der Waals surface area (Å²) in [7, 11) is 0. The Hall–Kier alpha value is -0.0800. The maximum atomic E-state index is 5.61. The van der Waals surface area contributed by atoms with Gasteiger partial charge in [0.05, 0.1) is 6.10 Å². The number of rotatable bonds is 3. The molecule has 1 saturated heterocycles. The average Bonchev–Trinajstić information content (AvgIpc) is 2.58. The van der Waals surface area contributed by atoms with Gasteiger partial charge in [0, 0.05) is 19.2 Å². The van der Waals surface area contributed by atoms with Crippen molar-refractivity contribution < 1.29 is 4.74 Å².